The van der Waals surface area contributed by atoms with E-state index < -0.39 is 23.6 Å². The van der Waals surface area contributed by atoms with Gasteiger partial charge in [-0.2, -0.15) is 0 Å². The number of nitrogens with zero attached hydrogens (tertiary/aromatic N) is 2. The second-order valence-corrected chi connectivity index (χ2v) is 7.78. The summed E-state index contributed by atoms with van der Waals surface area (Å²) in [5.41, 5.74) is 0.0971. The Labute approximate surface area is 216 Å². The Kier molecular flexibility index (Phi) is 7.66. The Morgan fingerprint density at radius 1 is 1.00 bits per heavy atom. The number of amides is 1. The maximum absolute atomic E-state index is 13.1. The van der Waals surface area contributed by atoms with Gasteiger partial charge in [-0.3, -0.25) is 15.1 Å². The number of ether oxygens (including phenoxy) is 3. The molecule has 2 aromatic carbocycles. The van der Waals surface area contributed by atoms with Crippen LogP contribution in [0.3, 0.4) is 0 Å². The number of carbonyl (C=O) groups is 3. The van der Waals surface area contributed by atoms with E-state index in [-0.39, 0.29) is 58.1 Å². The predicted octanol–water partition coefficient (Wildman–Crippen LogP) is 4.56. The Morgan fingerprint density at radius 3 is 2.50 bits per heavy atom. The van der Waals surface area contributed by atoms with E-state index in [1.165, 1.54) is 54.9 Å². The third-order valence-corrected chi connectivity index (χ3v) is 5.35. The molecule has 11 heteroatoms. The lowest BCUT2D eigenvalue weighted by atomic mass is 10.0. The Hall–Kier alpha value is -5.19. The number of rotatable bonds is 6. The average Bonchev–Trinajstić information content (AvgIpc) is 2.89. The molecule has 0 fully saturated rings. The molecule has 2 aromatic heterocycles. The van der Waals surface area contributed by atoms with E-state index in [0.29, 0.717) is 0 Å². The van der Waals surface area contributed by atoms with Crippen LogP contribution in [0.2, 0.25) is 0 Å². The van der Waals surface area contributed by atoms with Crippen molar-refractivity contribution in [2.75, 3.05) is 18.5 Å². The zero-order chi connectivity index (χ0) is 27.2. The zero-order valence-electron chi connectivity index (χ0n) is 20.5. The van der Waals surface area contributed by atoms with Gasteiger partial charge in [0, 0.05) is 30.1 Å². The standard InChI is InChI=1S/C27H23N3O8/c1-3-36-26(34)29-19-13-17(38-25(33)16-7-6-12-28-15-16)10-11-18(19)21-14-23(32)24-20(8-5-9-22(24)31)30(21)27(35)37-4-2/h5-15,31H,3-4H2,1-2H3,(H,29,34). The van der Waals surface area contributed by atoms with Gasteiger partial charge in [0.1, 0.15) is 11.5 Å². The molecule has 0 radical (unpaired) electrons. The number of phenols is 1. The second-order valence-electron chi connectivity index (χ2n) is 7.78. The number of nitrogens with one attached hydrogen (secondary N) is 1. The third kappa shape index (κ3) is 5.31. The lowest BCUT2D eigenvalue weighted by Gasteiger charge is -2.19. The van der Waals surface area contributed by atoms with E-state index in [4.69, 9.17) is 14.2 Å². The number of esters is 1. The molecule has 0 atom stereocenters. The summed E-state index contributed by atoms with van der Waals surface area (Å²) < 4.78 is 16.8. The quantitative estimate of drug-likeness (QED) is 0.277. The highest BCUT2D eigenvalue weighted by atomic mass is 16.6. The van der Waals surface area contributed by atoms with Gasteiger partial charge >= 0.3 is 18.2 Å². The number of pyridine rings is 2. The number of hydrogen-bond acceptors (Lipinski definition) is 9. The van der Waals surface area contributed by atoms with E-state index in [2.05, 4.69) is 10.3 Å². The third-order valence-electron chi connectivity index (χ3n) is 5.35. The van der Waals surface area contributed by atoms with E-state index in [1.54, 1.807) is 19.9 Å². The van der Waals surface area contributed by atoms with Gasteiger partial charge in [0.15, 0.2) is 5.43 Å². The molecular weight excluding hydrogens is 494 g/mol. The first kappa shape index (κ1) is 25.9. The van der Waals surface area contributed by atoms with Gasteiger partial charge in [-0.1, -0.05) is 6.07 Å². The number of anilines is 1. The first-order valence-corrected chi connectivity index (χ1v) is 11.6. The largest absolute Gasteiger partial charge is 0.507 e. The summed E-state index contributed by atoms with van der Waals surface area (Å²) >= 11 is 0. The van der Waals surface area contributed by atoms with Gasteiger partial charge in [-0.15, -0.1) is 0 Å². The highest BCUT2D eigenvalue weighted by Gasteiger charge is 2.22. The monoisotopic (exact) mass is 517 g/mol. The number of aromatic hydroxyl groups is 1. The molecule has 4 rings (SSSR count). The van der Waals surface area contributed by atoms with Crippen molar-refractivity contribution in [3.8, 4) is 22.8 Å². The van der Waals surface area contributed by atoms with Crippen molar-refractivity contribution in [2.24, 2.45) is 0 Å². The molecule has 0 aliphatic heterocycles. The van der Waals surface area contributed by atoms with Gasteiger partial charge < -0.3 is 19.3 Å². The topological polar surface area (TPSA) is 146 Å². The van der Waals surface area contributed by atoms with Crippen LogP contribution in [-0.4, -0.2) is 46.0 Å². The van der Waals surface area contributed by atoms with Crippen LogP contribution in [0, 0.1) is 0 Å². The second kappa shape index (κ2) is 11.2. The highest BCUT2D eigenvalue weighted by molar-refractivity contribution is 5.99. The first-order chi connectivity index (χ1) is 18.3. The van der Waals surface area contributed by atoms with Crippen molar-refractivity contribution in [2.45, 2.75) is 13.8 Å². The number of aromatic nitrogens is 2. The van der Waals surface area contributed by atoms with E-state index in [1.807, 2.05) is 0 Å². The molecule has 0 bridgehead atoms. The molecule has 1 amide bonds. The number of fused-ring (bicyclic) bond motifs is 1. The van der Waals surface area contributed by atoms with Crippen molar-refractivity contribution in [1.82, 2.24) is 9.55 Å². The fourth-order valence-corrected chi connectivity index (χ4v) is 3.78. The smallest absolute Gasteiger partial charge is 0.418 e. The van der Waals surface area contributed by atoms with E-state index >= 15 is 0 Å². The van der Waals surface area contributed by atoms with Crippen LogP contribution in [0.5, 0.6) is 11.5 Å². The summed E-state index contributed by atoms with van der Waals surface area (Å²) in [6.07, 6.45) is 1.23. The molecule has 2 N–H and O–H groups in total. The number of carbonyl (C=O) groups excluding carboxylic acids is 3. The molecule has 0 aliphatic carbocycles. The molecule has 4 aromatic rings. The summed E-state index contributed by atoms with van der Waals surface area (Å²) in [6.45, 7) is 3.38. The predicted molar refractivity (Wildman–Crippen MR) is 138 cm³/mol. The minimum Gasteiger partial charge on any atom is -0.507 e. The molecule has 0 unspecified atom stereocenters. The highest BCUT2D eigenvalue weighted by Crippen LogP contribution is 2.34. The van der Waals surface area contributed by atoms with Crippen LogP contribution in [0.1, 0.15) is 24.2 Å². The molecule has 0 saturated carbocycles. The van der Waals surface area contributed by atoms with Crippen LogP contribution in [0.15, 0.2) is 71.8 Å². The summed E-state index contributed by atoms with van der Waals surface area (Å²) in [5.74, 6) is -0.921. The molecule has 38 heavy (non-hydrogen) atoms. The Balaban J connectivity index is 1.90. The minimum absolute atomic E-state index is 0.0435. The summed E-state index contributed by atoms with van der Waals surface area (Å²) in [4.78, 5) is 54.9. The Morgan fingerprint density at radius 2 is 1.79 bits per heavy atom. The van der Waals surface area contributed by atoms with E-state index in [0.717, 1.165) is 10.6 Å². The molecule has 194 valence electrons. The van der Waals surface area contributed by atoms with Crippen LogP contribution >= 0.6 is 0 Å². The van der Waals surface area contributed by atoms with Crippen molar-refractivity contribution >= 4 is 34.7 Å². The molecule has 0 aliphatic rings. The normalized spacial score (nSPS) is 10.6. The lowest BCUT2D eigenvalue weighted by Crippen LogP contribution is -2.21. The minimum atomic E-state index is -0.813. The average molecular weight is 517 g/mol. The first-order valence-electron chi connectivity index (χ1n) is 11.6. The van der Waals surface area contributed by atoms with Gasteiger partial charge in [-0.25, -0.2) is 19.0 Å². The number of benzene rings is 2. The van der Waals surface area contributed by atoms with E-state index in [9.17, 15) is 24.3 Å². The van der Waals surface area contributed by atoms with Crippen molar-refractivity contribution in [3.05, 3.63) is 82.8 Å². The molecule has 11 nitrogen and oxygen atoms in total. The molecular formula is C27H23N3O8. The van der Waals surface area contributed by atoms with Crippen LogP contribution in [-0.2, 0) is 9.47 Å². The van der Waals surface area contributed by atoms with Crippen LogP contribution in [0.4, 0.5) is 15.3 Å². The SMILES string of the molecule is CCOC(=O)Nc1cc(OC(=O)c2cccnc2)ccc1-c1cc(=O)c2c(O)cccc2n1C(=O)OCC. The fraction of sp³-hybridized carbons (Fsp3) is 0.148. The van der Waals surface area contributed by atoms with Crippen molar-refractivity contribution in [3.63, 3.8) is 0 Å². The number of phenolic OH excluding ortho intramolecular Hbond substituents is 1. The summed E-state index contributed by atoms with van der Waals surface area (Å²) in [5, 5.41) is 12.8. The Bertz CT molecular complexity index is 1580. The number of hydrogen-bond donors (Lipinski definition) is 2. The van der Waals surface area contributed by atoms with Gasteiger partial charge in [0.2, 0.25) is 0 Å². The maximum atomic E-state index is 13.1. The lowest BCUT2D eigenvalue weighted by molar-refractivity contribution is 0.0734. The summed E-state index contributed by atoms with van der Waals surface area (Å²) in [6, 6.07) is 12.8. The molecule has 2 heterocycles. The fourth-order valence-electron chi connectivity index (χ4n) is 3.78. The summed E-state index contributed by atoms with van der Waals surface area (Å²) in [7, 11) is 0. The maximum Gasteiger partial charge on any atom is 0.418 e. The van der Waals surface area contributed by atoms with Crippen molar-refractivity contribution < 1.29 is 33.7 Å². The van der Waals surface area contributed by atoms with Gasteiger partial charge in [-0.05, 0) is 50.2 Å². The zero-order valence-corrected chi connectivity index (χ0v) is 20.5. The van der Waals surface area contributed by atoms with Crippen LogP contribution < -0.4 is 15.5 Å². The van der Waals surface area contributed by atoms with Crippen LogP contribution in [0.25, 0.3) is 22.2 Å². The molecule has 0 spiro atoms. The van der Waals surface area contributed by atoms with Crippen molar-refractivity contribution in [1.29, 1.82) is 0 Å². The van der Waals surface area contributed by atoms with Gasteiger partial charge in [0.25, 0.3) is 0 Å². The molecule has 0 saturated heterocycles. The van der Waals surface area contributed by atoms with Gasteiger partial charge in [0.05, 0.1) is 41.1 Å².